The maximum Gasteiger partial charge on any atom is 0.306 e. The van der Waals surface area contributed by atoms with E-state index in [9.17, 15) is 14.4 Å². The molecule has 0 heterocycles. The van der Waals surface area contributed by atoms with E-state index < -0.39 is 6.10 Å². The Bertz CT molecular complexity index is 1150. The van der Waals surface area contributed by atoms with Crippen molar-refractivity contribution in [3.8, 4) is 0 Å². The van der Waals surface area contributed by atoms with Gasteiger partial charge in [-0.1, -0.05) is 204 Å². The number of carbonyl (C=O) groups is 3. The van der Waals surface area contributed by atoms with Crippen molar-refractivity contribution in [1.82, 2.24) is 0 Å². The Balaban J connectivity index is 4.39. The van der Waals surface area contributed by atoms with E-state index in [-0.39, 0.29) is 31.1 Å². The Hall–Kier alpha value is -2.89. The molecule has 6 nitrogen and oxygen atoms in total. The minimum atomic E-state index is -0.786. The molecule has 0 unspecified atom stereocenters. The zero-order chi connectivity index (χ0) is 45.8. The van der Waals surface area contributed by atoms with Gasteiger partial charge in [-0.2, -0.15) is 0 Å². The van der Waals surface area contributed by atoms with Crippen molar-refractivity contribution in [3.63, 3.8) is 0 Å². The summed E-state index contributed by atoms with van der Waals surface area (Å²) < 4.78 is 16.8. The first kappa shape index (κ1) is 60.1. The quantitative estimate of drug-likeness (QED) is 0.0262. The molecule has 0 bridgehead atoms. The van der Waals surface area contributed by atoms with Gasteiger partial charge in [0.2, 0.25) is 0 Å². The van der Waals surface area contributed by atoms with Crippen LogP contribution in [0.25, 0.3) is 0 Å². The molecular formula is C57H100O6. The fourth-order valence-corrected chi connectivity index (χ4v) is 7.45. The van der Waals surface area contributed by atoms with Gasteiger partial charge < -0.3 is 14.2 Å². The van der Waals surface area contributed by atoms with Crippen molar-refractivity contribution in [1.29, 1.82) is 0 Å². The molecule has 1 atom stereocenters. The van der Waals surface area contributed by atoms with E-state index in [1.54, 1.807) is 0 Å². The van der Waals surface area contributed by atoms with Gasteiger partial charge in [0.05, 0.1) is 0 Å². The molecular weight excluding hydrogens is 781 g/mol. The highest BCUT2D eigenvalue weighted by Gasteiger charge is 2.19. The van der Waals surface area contributed by atoms with Crippen LogP contribution in [0.5, 0.6) is 0 Å². The number of carbonyl (C=O) groups excluding carboxylic acids is 3. The monoisotopic (exact) mass is 881 g/mol. The number of hydrogen-bond acceptors (Lipinski definition) is 6. The lowest BCUT2D eigenvalue weighted by atomic mass is 10.1. The van der Waals surface area contributed by atoms with E-state index in [4.69, 9.17) is 14.2 Å². The Morgan fingerprint density at radius 3 is 1.00 bits per heavy atom. The van der Waals surface area contributed by atoms with Crippen molar-refractivity contribution in [3.05, 3.63) is 60.8 Å². The zero-order valence-electron chi connectivity index (χ0n) is 41.6. The maximum atomic E-state index is 12.8. The minimum Gasteiger partial charge on any atom is -0.462 e. The van der Waals surface area contributed by atoms with Gasteiger partial charge in [-0.05, 0) is 103 Å². The second-order valence-electron chi connectivity index (χ2n) is 17.7. The number of rotatable bonds is 48. The van der Waals surface area contributed by atoms with Crippen LogP contribution in [0, 0.1) is 0 Å². The Kier molecular flexibility index (Phi) is 49.4. The summed E-state index contributed by atoms with van der Waals surface area (Å²) in [6.45, 7) is 6.49. The normalized spacial score (nSPS) is 12.5. The lowest BCUT2D eigenvalue weighted by Crippen LogP contribution is -2.30. The number of unbranched alkanes of at least 4 members (excludes halogenated alkanes) is 27. The number of esters is 3. The molecule has 0 aliphatic heterocycles. The smallest absolute Gasteiger partial charge is 0.306 e. The van der Waals surface area contributed by atoms with Crippen LogP contribution >= 0.6 is 0 Å². The van der Waals surface area contributed by atoms with Crippen LogP contribution in [-0.4, -0.2) is 37.2 Å². The summed E-state index contributed by atoms with van der Waals surface area (Å²) in [6.07, 6.45) is 63.4. The Morgan fingerprint density at radius 1 is 0.333 bits per heavy atom. The third kappa shape index (κ3) is 50.0. The number of hydrogen-bond donors (Lipinski definition) is 0. The fraction of sp³-hybridized carbons (Fsp3) is 0.772. The fourth-order valence-electron chi connectivity index (χ4n) is 7.45. The average Bonchev–Trinajstić information content (AvgIpc) is 3.28. The molecule has 0 saturated carbocycles. The van der Waals surface area contributed by atoms with Crippen LogP contribution in [0.1, 0.15) is 265 Å². The molecule has 0 spiro atoms. The van der Waals surface area contributed by atoms with Gasteiger partial charge in [0.1, 0.15) is 13.2 Å². The van der Waals surface area contributed by atoms with Crippen LogP contribution < -0.4 is 0 Å². The first-order valence-electron chi connectivity index (χ1n) is 26.8. The third-order valence-corrected chi connectivity index (χ3v) is 11.5. The summed E-state index contributed by atoms with van der Waals surface area (Å²) in [5.41, 5.74) is 0. The van der Waals surface area contributed by atoms with Gasteiger partial charge in [0.15, 0.2) is 6.10 Å². The predicted octanol–water partition coefficient (Wildman–Crippen LogP) is 17.6. The zero-order valence-corrected chi connectivity index (χ0v) is 41.6. The van der Waals surface area contributed by atoms with Gasteiger partial charge in [-0.25, -0.2) is 0 Å². The van der Waals surface area contributed by atoms with E-state index in [0.29, 0.717) is 19.3 Å². The van der Waals surface area contributed by atoms with Gasteiger partial charge in [-0.15, -0.1) is 0 Å². The van der Waals surface area contributed by atoms with E-state index in [0.717, 1.165) is 109 Å². The summed E-state index contributed by atoms with van der Waals surface area (Å²) in [4.78, 5) is 38.0. The summed E-state index contributed by atoms with van der Waals surface area (Å²) in [5, 5.41) is 0. The molecule has 0 radical (unpaired) electrons. The Labute approximate surface area is 390 Å². The summed E-state index contributed by atoms with van der Waals surface area (Å²) in [5.74, 6) is -0.910. The molecule has 0 aromatic carbocycles. The topological polar surface area (TPSA) is 78.9 Å². The molecule has 6 heteroatoms. The lowest BCUT2D eigenvalue weighted by molar-refractivity contribution is -0.167. The maximum absolute atomic E-state index is 12.8. The van der Waals surface area contributed by atoms with Crippen LogP contribution in [-0.2, 0) is 28.6 Å². The minimum absolute atomic E-state index is 0.0849. The molecule has 0 fully saturated rings. The van der Waals surface area contributed by atoms with Gasteiger partial charge >= 0.3 is 17.9 Å². The second kappa shape index (κ2) is 51.7. The van der Waals surface area contributed by atoms with Crippen molar-refractivity contribution in [2.45, 2.75) is 271 Å². The van der Waals surface area contributed by atoms with E-state index >= 15 is 0 Å². The Morgan fingerprint density at radius 2 is 0.619 bits per heavy atom. The van der Waals surface area contributed by atoms with Crippen LogP contribution in [0.2, 0.25) is 0 Å². The molecule has 0 aromatic rings. The standard InChI is InChI=1S/C57H100O6/c1-4-7-10-13-16-19-22-25-27-28-30-33-35-38-41-44-47-50-56(59)62-53-54(63-57(60)51-48-45-42-39-36-31-24-21-18-15-12-9-6-3)52-61-55(58)49-46-43-40-37-34-32-29-26-23-20-17-14-11-8-5-2/h8,11,17,20-21,24-27,29,54H,4-7,9-10,12-16,18-19,22-23,28,30-53H2,1-3H3/b11-8-,20-17-,24-21-,27-25-,29-26-/t54-/m1/s1. The summed E-state index contributed by atoms with van der Waals surface area (Å²) in [6, 6.07) is 0. The van der Waals surface area contributed by atoms with E-state index in [2.05, 4.69) is 81.5 Å². The van der Waals surface area contributed by atoms with Crippen LogP contribution in [0.4, 0.5) is 0 Å². The molecule has 364 valence electrons. The van der Waals surface area contributed by atoms with E-state index in [1.165, 1.54) is 116 Å². The highest BCUT2D eigenvalue weighted by molar-refractivity contribution is 5.71. The van der Waals surface area contributed by atoms with Crippen LogP contribution in [0.3, 0.4) is 0 Å². The van der Waals surface area contributed by atoms with Crippen molar-refractivity contribution in [2.24, 2.45) is 0 Å². The average molecular weight is 881 g/mol. The van der Waals surface area contributed by atoms with Crippen molar-refractivity contribution >= 4 is 17.9 Å². The second-order valence-corrected chi connectivity index (χ2v) is 17.7. The van der Waals surface area contributed by atoms with Gasteiger partial charge in [0.25, 0.3) is 0 Å². The SMILES string of the molecule is CC/C=C\C/C=C\C/C=C\CCCCCCCC(=O)OC[C@H](COC(=O)CCCCCCCCC/C=C\CCCCCCCC)OC(=O)CCCCCCC/C=C\CCCCCC. The first-order valence-corrected chi connectivity index (χ1v) is 26.8. The van der Waals surface area contributed by atoms with Gasteiger partial charge in [-0.3, -0.25) is 14.4 Å². The molecule has 0 amide bonds. The molecule has 0 aliphatic carbocycles. The lowest BCUT2D eigenvalue weighted by Gasteiger charge is -2.18. The summed E-state index contributed by atoms with van der Waals surface area (Å²) >= 11 is 0. The predicted molar refractivity (Wildman–Crippen MR) is 270 cm³/mol. The molecule has 0 saturated heterocycles. The largest absolute Gasteiger partial charge is 0.462 e. The summed E-state index contributed by atoms with van der Waals surface area (Å²) in [7, 11) is 0. The molecule has 0 aliphatic rings. The van der Waals surface area contributed by atoms with Crippen molar-refractivity contribution < 1.29 is 28.6 Å². The third-order valence-electron chi connectivity index (χ3n) is 11.5. The molecule has 0 aromatic heterocycles. The van der Waals surface area contributed by atoms with Crippen LogP contribution in [0.15, 0.2) is 60.8 Å². The molecule has 63 heavy (non-hydrogen) atoms. The molecule has 0 N–H and O–H groups in total. The number of allylic oxidation sites excluding steroid dienone is 10. The number of ether oxygens (including phenoxy) is 3. The highest BCUT2D eigenvalue weighted by Crippen LogP contribution is 2.14. The van der Waals surface area contributed by atoms with Gasteiger partial charge in [0, 0.05) is 19.3 Å². The highest BCUT2D eigenvalue weighted by atomic mass is 16.6. The van der Waals surface area contributed by atoms with E-state index in [1.807, 2.05) is 0 Å². The van der Waals surface area contributed by atoms with Crippen molar-refractivity contribution in [2.75, 3.05) is 13.2 Å². The first-order chi connectivity index (χ1) is 31.0. The molecule has 0 rings (SSSR count).